The zero-order valence-corrected chi connectivity index (χ0v) is 13.6. The Balaban J connectivity index is 1.72. The molecule has 0 aliphatic heterocycles. The van der Waals surface area contributed by atoms with E-state index in [1.54, 1.807) is 0 Å². The number of nitrogens with zero attached hydrogens (tertiary/aromatic N) is 2. The third-order valence-corrected chi connectivity index (χ3v) is 3.10. The highest BCUT2D eigenvalue weighted by molar-refractivity contribution is 5.89. The zero-order chi connectivity index (χ0) is 19.8. The molecule has 0 aliphatic carbocycles. The lowest BCUT2D eigenvalue weighted by atomic mass is 10.2. The summed E-state index contributed by atoms with van der Waals surface area (Å²) in [5, 5.41) is 21.0. The van der Waals surface area contributed by atoms with Gasteiger partial charge in [0.1, 0.15) is 19.0 Å². The Kier molecular flexibility index (Phi) is 6.36. The van der Waals surface area contributed by atoms with Crippen molar-refractivity contribution in [3.63, 3.8) is 0 Å². The van der Waals surface area contributed by atoms with Gasteiger partial charge < -0.3 is 14.2 Å². The highest BCUT2D eigenvalue weighted by Crippen LogP contribution is 2.17. The number of benzene rings is 2. The number of rotatable bonds is 7. The monoisotopic (exact) mass is 376 g/mol. The first-order valence-corrected chi connectivity index (χ1v) is 7.37. The molecule has 0 radical (unpaired) electrons. The Bertz CT molecular complexity index is 847. The van der Waals surface area contributed by atoms with Crippen molar-refractivity contribution in [3.05, 3.63) is 74.3 Å². The molecule has 0 spiro atoms. The molecule has 2 rings (SSSR count). The molecule has 0 saturated heterocycles. The van der Waals surface area contributed by atoms with E-state index in [-0.39, 0.29) is 35.9 Å². The number of hydrogen-bond donors (Lipinski definition) is 0. The first-order valence-electron chi connectivity index (χ1n) is 7.37. The topological polar surface area (TPSA) is 148 Å². The van der Waals surface area contributed by atoms with Crippen molar-refractivity contribution in [2.24, 2.45) is 0 Å². The predicted molar refractivity (Wildman–Crippen MR) is 88.5 cm³/mol. The molecule has 2 aromatic carbocycles. The van der Waals surface area contributed by atoms with Crippen molar-refractivity contribution < 1.29 is 33.6 Å². The van der Waals surface area contributed by atoms with Gasteiger partial charge in [0.05, 0.1) is 15.4 Å². The summed E-state index contributed by atoms with van der Waals surface area (Å²) in [6.07, 6.45) is -1.07. The Morgan fingerprint density at radius 2 is 1.26 bits per heavy atom. The summed E-state index contributed by atoms with van der Waals surface area (Å²) in [5.74, 6) is -0.689. The predicted octanol–water partition coefficient (Wildman–Crippen LogP) is 2.88. The SMILES string of the molecule is O=C(OCCOC(=O)c1ccc([N+](=O)[O-])cc1)Oc1ccc([N+](=O)[O-])cc1. The van der Waals surface area contributed by atoms with E-state index in [1.165, 1.54) is 24.3 Å². The van der Waals surface area contributed by atoms with Crippen LogP contribution in [0.5, 0.6) is 5.75 Å². The molecule has 0 aromatic heterocycles. The fourth-order valence-electron chi connectivity index (χ4n) is 1.82. The standard InChI is InChI=1S/C16H12N2O9/c19-15(11-1-3-12(4-2-11)17(21)22)25-9-10-26-16(20)27-14-7-5-13(6-8-14)18(23)24/h1-8H,9-10H2. The number of nitro groups is 2. The number of nitro benzene ring substituents is 2. The summed E-state index contributed by atoms with van der Waals surface area (Å²) in [5.41, 5.74) is -0.216. The van der Waals surface area contributed by atoms with Gasteiger partial charge in [-0.05, 0) is 24.3 Å². The van der Waals surface area contributed by atoms with Gasteiger partial charge in [-0.15, -0.1) is 0 Å². The average molecular weight is 376 g/mol. The molecular formula is C16H12N2O9. The Morgan fingerprint density at radius 1 is 0.778 bits per heavy atom. The maximum absolute atomic E-state index is 11.7. The summed E-state index contributed by atoms with van der Waals surface area (Å²) in [6, 6.07) is 9.59. The van der Waals surface area contributed by atoms with Crippen LogP contribution in [0.3, 0.4) is 0 Å². The highest BCUT2D eigenvalue weighted by Gasteiger charge is 2.12. The lowest BCUT2D eigenvalue weighted by Gasteiger charge is -2.07. The fourth-order valence-corrected chi connectivity index (χ4v) is 1.82. The van der Waals surface area contributed by atoms with Gasteiger partial charge in [0.2, 0.25) is 0 Å². The molecule has 0 N–H and O–H groups in total. The van der Waals surface area contributed by atoms with Crippen LogP contribution in [0.4, 0.5) is 16.2 Å². The van der Waals surface area contributed by atoms with Gasteiger partial charge in [0, 0.05) is 24.3 Å². The van der Waals surface area contributed by atoms with Crippen LogP contribution in [0.2, 0.25) is 0 Å². The van der Waals surface area contributed by atoms with E-state index < -0.39 is 22.0 Å². The van der Waals surface area contributed by atoms with E-state index in [2.05, 4.69) is 0 Å². The molecule has 0 fully saturated rings. The Morgan fingerprint density at radius 3 is 1.78 bits per heavy atom. The van der Waals surface area contributed by atoms with Crippen molar-refractivity contribution in [3.8, 4) is 5.75 Å². The van der Waals surface area contributed by atoms with E-state index >= 15 is 0 Å². The summed E-state index contributed by atoms with van der Waals surface area (Å²) in [7, 11) is 0. The maximum atomic E-state index is 11.7. The molecule has 0 saturated carbocycles. The normalized spacial score (nSPS) is 9.93. The number of esters is 1. The number of non-ortho nitro benzene ring substituents is 2. The van der Waals surface area contributed by atoms with Crippen molar-refractivity contribution in [1.82, 2.24) is 0 Å². The van der Waals surface area contributed by atoms with E-state index in [1.807, 2.05) is 0 Å². The highest BCUT2D eigenvalue weighted by atomic mass is 16.7. The van der Waals surface area contributed by atoms with Crippen LogP contribution in [-0.4, -0.2) is 35.2 Å². The average Bonchev–Trinajstić information content (AvgIpc) is 2.65. The first-order chi connectivity index (χ1) is 12.9. The molecule has 2 aromatic rings. The van der Waals surface area contributed by atoms with Crippen molar-refractivity contribution >= 4 is 23.5 Å². The van der Waals surface area contributed by atoms with Crippen LogP contribution >= 0.6 is 0 Å². The molecular weight excluding hydrogens is 364 g/mol. The molecule has 11 nitrogen and oxygen atoms in total. The number of hydrogen-bond acceptors (Lipinski definition) is 9. The number of carbonyl (C=O) groups excluding carboxylic acids is 2. The lowest BCUT2D eigenvalue weighted by molar-refractivity contribution is -0.385. The lowest BCUT2D eigenvalue weighted by Crippen LogP contribution is -2.16. The van der Waals surface area contributed by atoms with Crippen LogP contribution in [0.1, 0.15) is 10.4 Å². The molecule has 27 heavy (non-hydrogen) atoms. The van der Waals surface area contributed by atoms with Gasteiger partial charge >= 0.3 is 12.1 Å². The summed E-state index contributed by atoms with van der Waals surface area (Å²) < 4.78 is 14.3. The molecule has 0 unspecified atom stereocenters. The molecule has 0 bridgehead atoms. The Labute approximate surface area is 151 Å². The van der Waals surface area contributed by atoms with E-state index in [4.69, 9.17) is 14.2 Å². The number of ether oxygens (including phenoxy) is 3. The van der Waals surface area contributed by atoms with Gasteiger partial charge in [0.15, 0.2) is 0 Å². The molecule has 140 valence electrons. The van der Waals surface area contributed by atoms with Gasteiger partial charge in [-0.1, -0.05) is 0 Å². The second kappa shape index (κ2) is 8.89. The number of carbonyl (C=O) groups is 2. The minimum atomic E-state index is -1.07. The molecule has 0 atom stereocenters. The first kappa shape index (κ1) is 19.3. The third kappa shape index (κ3) is 5.77. The van der Waals surface area contributed by atoms with Crippen LogP contribution < -0.4 is 4.74 Å². The van der Waals surface area contributed by atoms with Gasteiger partial charge in [-0.25, -0.2) is 9.59 Å². The zero-order valence-electron chi connectivity index (χ0n) is 13.6. The summed E-state index contributed by atoms with van der Waals surface area (Å²) in [6.45, 7) is -0.546. The van der Waals surface area contributed by atoms with E-state index in [9.17, 15) is 29.8 Å². The Hall–Kier alpha value is -4.02. The fraction of sp³-hybridized carbons (Fsp3) is 0.125. The van der Waals surface area contributed by atoms with E-state index in [0.717, 1.165) is 24.3 Å². The van der Waals surface area contributed by atoms with Crippen LogP contribution in [0.15, 0.2) is 48.5 Å². The maximum Gasteiger partial charge on any atom is 0.513 e. The summed E-state index contributed by atoms with van der Waals surface area (Å²) >= 11 is 0. The third-order valence-electron chi connectivity index (χ3n) is 3.10. The molecule has 0 amide bonds. The second-order valence-electron chi connectivity index (χ2n) is 4.89. The molecule has 0 aliphatic rings. The van der Waals surface area contributed by atoms with Gasteiger partial charge in [-0.2, -0.15) is 0 Å². The summed E-state index contributed by atoms with van der Waals surface area (Å²) in [4.78, 5) is 43.0. The van der Waals surface area contributed by atoms with Crippen LogP contribution in [-0.2, 0) is 9.47 Å². The van der Waals surface area contributed by atoms with Crippen molar-refractivity contribution in [1.29, 1.82) is 0 Å². The smallest absolute Gasteiger partial charge is 0.458 e. The van der Waals surface area contributed by atoms with Crippen LogP contribution in [0, 0.1) is 20.2 Å². The van der Waals surface area contributed by atoms with Gasteiger partial charge in [0.25, 0.3) is 11.4 Å². The minimum absolute atomic E-state index is 0.0495. The van der Waals surface area contributed by atoms with Crippen molar-refractivity contribution in [2.75, 3.05) is 13.2 Å². The largest absolute Gasteiger partial charge is 0.513 e. The molecule has 0 heterocycles. The second-order valence-corrected chi connectivity index (χ2v) is 4.89. The quantitative estimate of drug-likeness (QED) is 0.234. The van der Waals surface area contributed by atoms with E-state index in [0.29, 0.717) is 0 Å². The molecule has 11 heteroatoms. The van der Waals surface area contributed by atoms with Crippen molar-refractivity contribution in [2.45, 2.75) is 0 Å². The van der Waals surface area contributed by atoms with Crippen LogP contribution in [0.25, 0.3) is 0 Å². The minimum Gasteiger partial charge on any atom is -0.458 e. The van der Waals surface area contributed by atoms with Gasteiger partial charge in [-0.3, -0.25) is 20.2 Å².